The molecule has 1 fully saturated rings. The minimum atomic E-state index is -1.15. The fourth-order valence-electron chi connectivity index (χ4n) is 5.76. The number of fused-ring (bicyclic) bond motifs is 4. The predicted molar refractivity (Wildman–Crippen MR) is 136 cm³/mol. The first-order valence-corrected chi connectivity index (χ1v) is 12.7. The maximum absolute atomic E-state index is 14.1. The van der Waals surface area contributed by atoms with Gasteiger partial charge in [-0.2, -0.15) is 0 Å². The third-order valence-corrected chi connectivity index (χ3v) is 7.71. The third-order valence-electron chi connectivity index (χ3n) is 7.71. The van der Waals surface area contributed by atoms with E-state index in [9.17, 15) is 9.59 Å². The summed E-state index contributed by atoms with van der Waals surface area (Å²) in [5.41, 5.74) is 0.868. The van der Waals surface area contributed by atoms with Gasteiger partial charge in [-0.15, -0.1) is 0 Å². The van der Waals surface area contributed by atoms with Gasteiger partial charge in [-0.25, -0.2) is 0 Å². The minimum Gasteiger partial charge on any atom is -0.497 e. The van der Waals surface area contributed by atoms with Crippen LogP contribution in [-0.4, -0.2) is 48.3 Å². The molecular formula is C28H31N3O5. The largest absolute Gasteiger partial charge is 0.497 e. The van der Waals surface area contributed by atoms with E-state index in [0.717, 1.165) is 36.6 Å². The molecule has 8 nitrogen and oxygen atoms in total. The zero-order valence-corrected chi connectivity index (χ0v) is 20.7. The monoisotopic (exact) mass is 489 g/mol. The second kappa shape index (κ2) is 8.76. The van der Waals surface area contributed by atoms with Crippen molar-refractivity contribution in [3.63, 3.8) is 0 Å². The van der Waals surface area contributed by atoms with Gasteiger partial charge in [0.2, 0.25) is 5.91 Å². The molecule has 2 aromatic carbocycles. The lowest BCUT2D eigenvalue weighted by Gasteiger charge is -2.45. The molecule has 36 heavy (non-hydrogen) atoms. The van der Waals surface area contributed by atoms with Gasteiger partial charge in [0.25, 0.3) is 5.91 Å². The van der Waals surface area contributed by atoms with Crippen molar-refractivity contribution in [2.75, 3.05) is 25.2 Å². The Labute approximate surface area is 210 Å². The highest BCUT2D eigenvalue weighted by Gasteiger charge is 2.49. The number of nitrogens with zero attached hydrogens (tertiary/aromatic N) is 2. The van der Waals surface area contributed by atoms with Gasteiger partial charge in [-0.3, -0.25) is 14.5 Å². The molecule has 0 saturated heterocycles. The zero-order valence-electron chi connectivity index (χ0n) is 20.7. The molecule has 1 unspecified atom stereocenters. The second-order valence-electron chi connectivity index (χ2n) is 10.1. The number of carbonyl (C=O) groups excluding carboxylic acids is 2. The number of carbonyl (C=O) groups is 2. The molecule has 1 aromatic heterocycles. The van der Waals surface area contributed by atoms with Crippen LogP contribution in [-0.2, 0) is 11.3 Å². The van der Waals surface area contributed by atoms with E-state index in [1.165, 1.54) is 6.42 Å². The van der Waals surface area contributed by atoms with Gasteiger partial charge >= 0.3 is 0 Å². The molecule has 0 spiro atoms. The number of anilines is 1. The van der Waals surface area contributed by atoms with Crippen LogP contribution < -0.4 is 24.4 Å². The molecule has 2 amide bonds. The lowest BCUT2D eigenvalue weighted by Crippen LogP contribution is -2.65. The topological polar surface area (TPSA) is 82.0 Å². The molecule has 0 radical (unpaired) electrons. The van der Waals surface area contributed by atoms with E-state index in [4.69, 9.17) is 14.2 Å². The lowest BCUT2D eigenvalue weighted by atomic mass is 9.91. The van der Waals surface area contributed by atoms with Crippen molar-refractivity contribution in [2.24, 2.45) is 0 Å². The Hall–Kier alpha value is -3.68. The SMILES string of the molecule is COc1ccc2cc3n(c2c1)CC(C)(C(=O)NC1CCCCC1)N(c1ccc2c(c1)OCCO2)C3=O. The van der Waals surface area contributed by atoms with Crippen molar-refractivity contribution in [1.82, 2.24) is 9.88 Å². The summed E-state index contributed by atoms with van der Waals surface area (Å²) in [6.45, 7) is 3.10. The molecule has 3 aliphatic rings. The molecule has 1 saturated carbocycles. The summed E-state index contributed by atoms with van der Waals surface area (Å²) in [6.07, 6.45) is 5.35. The van der Waals surface area contributed by atoms with Crippen LogP contribution in [0.25, 0.3) is 10.9 Å². The minimum absolute atomic E-state index is 0.128. The Balaban J connectivity index is 1.46. The number of amides is 2. The summed E-state index contributed by atoms with van der Waals surface area (Å²) in [5.74, 6) is 1.56. The average Bonchev–Trinajstić information content (AvgIpc) is 3.27. The van der Waals surface area contributed by atoms with Crippen molar-refractivity contribution in [1.29, 1.82) is 0 Å². The van der Waals surface area contributed by atoms with Crippen LogP contribution >= 0.6 is 0 Å². The molecule has 3 aromatic rings. The molecule has 2 aliphatic heterocycles. The summed E-state index contributed by atoms with van der Waals surface area (Å²) in [4.78, 5) is 29.8. The standard InChI is InChI=1S/C28H31N3O5/c1-28(27(33)29-19-6-4-3-5-7-19)17-30-22-16-21(34-2)10-8-18(22)14-23(30)26(32)31(28)20-9-11-24-25(15-20)36-13-12-35-24/h8-11,14-16,19H,3-7,12-13,17H2,1-2H3,(H,29,33). The van der Waals surface area contributed by atoms with Gasteiger partial charge in [-0.05, 0) is 50.1 Å². The van der Waals surface area contributed by atoms with E-state index in [2.05, 4.69) is 5.32 Å². The average molecular weight is 490 g/mol. The first kappa shape index (κ1) is 22.8. The number of hydrogen-bond acceptors (Lipinski definition) is 5. The number of nitrogens with one attached hydrogen (secondary N) is 1. The van der Waals surface area contributed by atoms with E-state index in [1.54, 1.807) is 18.1 Å². The predicted octanol–water partition coefficient (Wildman–Crippen LogP) is 4.29. The van der Waals surface area contributed by atoms with Gasteiger partial charge in [0.05, 0.1) is 19.2 Å². The van der Waals surface area contributed by atoms with Crippen LogP contribution in [0.1, 0.15) is 49.5 Å². The number of rotatable bonds is 4. The van der Waals surface area contributed by atoms with Crippen molar-refractivity contribution in [3.05, 3.63) is 48.2 Å². The van der Waals surface area contributed by atoms with E-state index in [-0.39, 0.29) is 17.9 Å². The van der Waals surface area contributed by atoms with E-state index >= 15 is 0 Å². The van der Waals surface area contributed by atoms with E-state index < -0.39 is 5.54 Å². The quantitative estimate of drug-likeness (QED) is 0.591. The molecule has 3 heterocycles. The first-order chi connectivity index (χ1) is 17.5. The van der Waals surface area contributed by atoms with Crippen LogP contribution in [0.2, 0.25) is 0 Å². The fraction of sp³-hybridized carbons (Fsp3) is 0.429. The number of ether oxygens (including phenoxy) is 3. The maximum atomic E-state index is 14.1. The number of methoxy groups -OCH3 is 1. The van der Waals surface area contributed by atoms with Crippen LogP contribution in [0, 0.1) is 0 Å². The maximum Gasteiger partial charge on any atom is 0.275 e. The van der Waals surface area contributed by atoms with Gasteiger partial charge in [0, 0.05) is 29.2 Å². The van der Waals surface area contributed by atoms with Gasteiger partial charge in [0.15, 0.2) is 11.5 Å². The molecule has 6 rings (SSSR count). The highest BCUT2D eigenvalue weighted by Crippen LogP contribution is 2.41. The number of hydrogen-bond donors (Lipinski definition) is 1. The molecule has 1 N–H and O–H groups in total. The summed E-state index contributed by atoms with van der Waals surface area (Å²) < 4.78 is 18.9. The van der Waals surface area contributed by atoms with Crippen LogP contribution in [0.15, 0.2) is 42.5 Å². The Bertz CT molecular complexity index is 1340. The van der Waals surface area contributed by atoms with Crippen molar-refractivity contribution in [3.8, 4) is 17.2 Å². The van der Waals surface area contributed by atoms with E-state index in [0.29, 0.717) is 48.4 Å². The van der Waals surface area contributed by atoms with Gasteiger partial charge in [0.1, 0.15) is 30.2 Å². The highest BCUT2D eigenvalue weighted by molar-refractivity contribution is 6.14. The van der Waals surface area contributed by atoms with Crippen LogP contribution in [0.5, 0.6) is 17.2 Å². The fourth-order valence-corrected chi connectivity index (χ4v) is 5.76. The molecule has 0 bridgehead atoms. The van der Waals surface area contributed by atoms with Crippen molar-refractivity contribution < 1.29 is 23.8 Å². The van der Waals surface area contributed by atoms with Crippen molar-refractivity contribution in [2.45, 2.75) is 57.2 Å². The molecule has 1 atom stereocenters. The molecule has 8 heteroatoms. The number of benzene rings is 2. The molecular weight excluding hydrogens is 458 g/mol. The summed E-state index contributed by atoms with van der Waals surface area (Å²) >= 11 is 0. The number of aromatic nitrogens is 1. The summed E-state index contributed by atoms with van der Waals surface area (Å²) in [6, 6.07) is 13.2. The highest BCUT2D eigenvalue weighted by atomic mass is 16.6. The van der Waals surface area contributed by atoms with Crippen LogP contribution in [0.3, 0.4) is 0 Å². The second-order valence-corrected chi connectivity index (χ2v) is 10.1. The normalized spacial score (nSPS) is 21.8. The zero-order chi connectivity index (χ0) is 24.9. The Kier molecular flexibility index (Phi) is 5.54. The molecule has 188 valence electrons. The Morgan fingerprint density at radius 3 is 2.58 bits per heavy atom. The van der Waals surface area contributed by atoms with Crippen molar-refractivity contribution >= 4 is 28.4 Å². The summed E-state index contributed by atoms with van der Waals surface area (Å²) in [5, 5.41) is 4.21. The van der Waals surface area contributed by atoms with Gasteiger partial charge < -0.3 is 24.1 Å². The molecule has 1 aliphatic carbocycles. The lowest BCUT2D eigenvalue weighted by molar-refractivity contribution is -0.127. The Morgan fingerprint density at radius 1 is 1.03 bits per heavy atom. The third kappa shape index (κ3) is 3.67. The van der Waals surface area contributed by atoms with Crippen LogP contribution in [0.4, 0.5) is 5.69 Å². The van der Waals surface area contributed by atoms with Gasteiger partial charge in [-0.1, -0.05) is 19.3 Å². The first-order valence-electron chi connectivity index (χ1n) is 12.7. The summed E-state index contributed by atoms with van der Waals surface area (Å²) in [7, 11) is 1.62. The Morgan fingerprint density at radius 2 is 1.81 bits per heavy atom. The van der Waals surface area contributed by atoms with E-state index in [1.807, 2.05) is 47.9 Å². The smallest absolute Gasteiger partial charge is 0.275 e.